The molecule has 23 nitrogen and oxygen atoms in total. The minimum atomic E-state index is -1.89. The second-order valence-corrected chi connectivity index (χ2v) is 19.7. The lowest BCUT2D eigenvalue weighted by atomic mass is 9.95. The third-order valence-electron chi connectivity index (χ3n) is 14.2. The van der Waals surface area contributed by atoms with E-state index in [4.69, 9.17) is 52.1 Å². The van der Waals surface area contributed by atoms with Crippen molar-refractivity contribution in [3.05, 3.63) is 0 Å². The molecular formula is C47H84O23. The van der Waals surface area contributed by atoms with Gasteiger partial charge in [-0.15, -0.1) is 0 Å². The van der Waals surface area contributed by atoms with Crippen molar-refractivity contribution in [2.75, 3.05) is 7.11 Å². The molecule has 0 spiro atoms. The fourth-order valence-corrected chi connectivity index (χ4v) is 9.60. The summed E-state index contributed by atoms with van der Waals surface area (Å²) in [4.78, 5) is 11.4. The van der Waals surface area contributed by atoms with Crippen LogP contribution in [0, 0.1) is 0 Å². The van der Waals surface area contributed by atoms with Gasteiger partial charge in [-0.25, -0.2) is 0 Å². The zero-order chi connectivity index (χ0) is 51.6. The van der Waals surface area contributed by atoms with Crippen LogP contribution in [0.25, 0.3) is 0 Å². The molecule has 5 saturated heterocycles. The molecule has 0 aromatic carbocycles. The number of esters is 1. The third kappa shape index (κ3) is 15.2. The van der Waals surface area contributed by atoms with Crippen molar-refractivity contribution >= 4 is 5.97 Å². The van der Waals surface area contributed by atoms with Crippen LogP contribution in [0.15, 0.2) is 0 Å². The molecule has 70 heavy (non-hydrogen) atoms. The number of carbonyl (C=O) groups is 1. The smallest absolute Gasteiger partial charge is 0.305 e. The molecule has 0 bridgehead atoms. The van der Waals surface area contributed by atoms with E-state index in [2.05, 4.69) is 6.92 Å². The largest absolute Gasteiger partial charge is 0.469 e. The summed E-state index contributed by atoms with van der Waals surface area (Å²) in [5.41, 5.74) is 0. The van der Waals surface area contributed by atoms with Gasteiger partial charge in [0.1, 0.15) is 91.6 Å². The number of unbranched alkanes of at least 4 members (excludes halogenated alkanes) is 8. The first kappa shape index (κ1) is 59.5. The number of hydrogen-bond donors (Lipinski definition) is 11. The van der Waals surface area contributed by atoms with E-state index in [-0.39, 0.29) is 12.1 Å². The van der Waals surface area contributed by atoms with Gasteiger partial charge >= 0.3 is 5.97 Å². The Bertz CT molecular complexity index is 1520. The van der Waals surface area contributed by atoms with Crippen LogP contribution in [0.4, 0.5) is 0 Å². The molecule has 5 aliphatic heterocycles. The molecule has 0 aromatic rings. The van der Waals surface area contributed by atoms with Crippen molar-refractivity contribution in [1.82, 2.24) is 0 Å². The summed E-state index contributed by atoms with van der Waals surface area (Å²) in [5, 5.41) is 121. The quantitative estimate of drug-likeness (QED) is 0.0403. The van der Waals surface area contributed by atoms with Gasteiger partial charge in [0.25, 0.3) is 0 Å². The van der Waals surface area contributed by atoms with E-state index < -0.39 is 154 Å². The van der Waals surface area contributed by atoms with Gasteiger partial charge in [0.15, 0.2) is 31.5 Å². The summed E-state index contributed by atoms with van der Waals surface area (Å²) in [5.74, 6) is -0.202. The Kier molecular flexibility index (Phi) is 23.8. The number of methoxy groups -OCH3 is 1. The molecule has 26 atom stereocenters. The van der Waals surface area contributed by atoms with Crippen LogP contribution in [0.2, 0.25) is 0 Å². The Morgan fingerprint density at radius 1 is 0.400 bits per heavy atom. The molecule has 0 radical (unpaired) electrons. The normalized spacial score (nSPS) is 45.3. The molecule has 0 aromatic heterocycles. The Balaban J connectivity index is 1.25. The molecule has 5 rings (SSSR count). The summed E-state index contributed by atoms with van der Waals surface area (Å²) < 4.78 is 65.1. The molecule has 410 valence electrons. The summed E-state index contributed by atoms with van der Waals surface area (Å²) in [6.07, 6.45) is -26.4. The molecule has 5 aliphatic rings. The molecule has 0 unspecified atom stereocenters. The van der Waals surface area contributed by atoms with Crippen molar-refractivity contribution in [3.8, 4) is 0 Å². The van der Waals surface area contributed by atoms with Crippen LogP contribution in [-0.4, -0.2) is 229 Å². The fourth-order valence-electron chi connectivity index (χ4n) is 9.60. The van der Waals surface area contributed by atoms with Crippen molar-refractivity contribution in [3.63, 3.8) is 0 Å². The summed E-state index contributed by atoms with van der Waals surface area (Å²) >= 11 is 0. The Hall–Kier alpha value is -1.37. The van der Waals surface area contributed by atoms with Crippen LogP contribution in [-0.2, 0) is 56.9 Å². The molecule has 0 aliphatic carbocycles. The van der Waals surface area contributed by atoms with Crippen molar-refractivity contribution in [1.29, 1.82) is 0 Å². The maximum absolute atomic E-state index is 11.9. The Morgan fingerprint density at radius 3 is 1.30 bits per heavy atom. The third-order valence-corrected chi connectivity index (χ3v) is 14.2. The number of carbonyl (C=O) groups excluding carboxylic acids is 1. The van der Waals surface area contributed by atoms with Gasteiger partial charge in [-0.05, 0) is 53.9 Å². The minimum absolute atomic E-state index is 0.202. The van der Waals surface area contributed by atoms with Crippen molar-refractivity contribution < 1.29 is 113 Å². The highest BCUT2D eigenvalue weighted by molar-refractivity contribution is 5.68. The lowest BCUT2D eigenvalue weighted by molar-refractivity contribution is -0.399. The van der Waals surface area contributed by atoms with Gasteiger partial charge in [-0.1, -0.05) is 64.7 Å². The molecule has 0 amide bonds. The van der Waals surface area contributed by atoms with Crippen molar-refractivity contribution in [2.45, 2.75) is 285 Å². The van der Waals surface area contributed by atoms with Gasteiger partial charge in [0, 0.05) is 6.42 Å². The summed E-state index contributed by atoms with van der Waals surface area (Å²) in [6, 6.07) is 0. The van der Waals surface area contributed by atoms with E-state index in [0.29, 0.717) is 19.3 Å². The average Bonchev–Trinajstić information content (AvgIpc) is 3.33. The zero-order valence-corrected chi connectivity index (χ0v) is 41.5. The Labute approximate surface area is 410 Å². The monoisotopic (exact) mass is 1020 g/mol. The highest BCUT2D eigenvalue weighted by atomic mass is 16.8. The molecule has 5 fully saturated rings. The topological polar surface area (TPSA) is 341 Å². The summed E-state index contributed by atoms with van der Waals surface area (Å²) in [7, 11) is 1.39. The molecule has 0 saturated carbocycles. The van der Waals surface area contributed by atoms with Gasteiger partial charge in [-0.2, -0.15) is 0 Å². The van der Waals surface area contributed by atoms with E-state index in [1.807, 2.05) is 0 Å². The van der Waals surface area contributed by atoms with Crippen LogP contribution in [0.5, 0.6) is 0 Å². The highest BCUT2D eigenvalue weighted by Crippen LogP contribution is 2.37. The zero-order valence-electron chi connectivity index (χ0n) is 41.5. The minimum Gasteiger partial charge on any atom is -0.469 e. The summed E-state index contributed by atoms with van der Waals surface area (Å²) in [6.45, 7) is 9.50. The predicted octanol–water partition coefficient (Wildman–Crippen LogP) is -1.13. The van der Waals surface area contributed by atoms with Crippen molar-refractivity contribution in [2.24, 2.45) is 0 Å². The van der Waals surface area contributed by atoms with E-state index >= 15 is 0 Å². The van der Waals surface area contributed by atoms with Crippen LogP contribution >= 0.6 is 0 Å². The number of hydrogen-bond acceptors (Lipinski definition) is 23. The first-order valence-corrected chi connectivity index (χ1v) is 25.3. The first-order valence-electron chi connectivity index (χ1n) is 25.3. The van der Waals surface area contributed by atoms with E-state index in [9.17, 15) is 61.0 Å². The van der Waals surface area contributed by atoms with Crippen LogP contribution < -0.4 is 0 Å². The first-order chi connectivity index (χ1) is 33.2. The van der Waals surface area contributed by atoms with Gasteiger partial charge < -0.3 is 108 Å². The molecular weight excluding hydrogens is 932 g/mol. The number of aliphatic hydroxyl groups excluding tert-OH is 11. The Morgan fingerprint density at radius 2 is 0.771 bits per heavy atom. The SMILES string of the molecule is CCCCC[C@@H](CCCCCCCCCC(=O)OC)O[C@@H]1O[C@H](C)[C@H](O)[C@H](O)[C@H]1O[C@@H]1O[C@@H](C)[C@H](O[C@@H]2O[C@@H](C)[C@H](O[C@@H]3O[C@@H](C)[C@H](O)[C@@H](O)[C@H]3O)[C@@H](O[C@@H]3O[C@@H](C)[C@H](O)[C@@H](O)[C@H]3O)[C@H]2O)[C@@H](O)[C@H]1O. The number of ether oxygens (including phenoxy) is 11. The second kappa shape index (κ2) is 28.0. The van der Waals surface area contributed by atoms with Gasteiger partial charge in [0.05, 0.1) is 43.7 Å². The van der Waals surface area contributed by atoms with E-state index in [1.54, 1.807) is 6.92 Å². The fraction of sp³-hybridized carbons (Fsp3) is 0.979. The maximum Gasteiger partial charge on any atom is 0.305 e. The lowest BCUT2D eigenvalue weighted by Gasteiger charge is -2.50. The van der Waals surface area contributed by atoms with Crippen LogP contribution in [0.1, 0.15) is 125 Å². The maximum atomic E-state index is 11.9. The number of aliphatic hydroxyl groups is 11. The average molecular weight is 1020 g/mol. The number of rotatable bonds is 24. The standard InChI is InChI=1S/C47H84O23/c1-8-9-15-18-26(19-16-13-11-10-12-14-17-20-27(48)60-7)66-47-42(33(54)30(51)23(4)63-47)70-45-37(58)34(55)39(24(5)64-45)67-46-38(59)41(69-44-36(57)32(53)29(50)22(3)62-44)40(25(6)65-46)68-43-35(56)31(52)28(49)21(2)61-43/h21-26,28-47,49-59H,8-20H2,1-7H3/t21-,22-,23+,24-,25-,26-,28-,29-,30-,31+,32+,33-,34-,35+,36+,37+,38+,39-,40-,41-,42+,43-,44-,45-,46-,47-/m0/s1. The molecule has 5 heterocycles. The lowest BCUT2D eigenvalue weighted by Crippen LogP contribution is -2.67. The molecule has 11 N–H and O–H groups in total. The highest BCUT2D eigenvalue weighted by Gasteiger charge is 2.56. The predicted molar refractivity (Wildman–Crippen MR) is 240 cm³/mol. The molecule has 23 heteroatoms. The van der Waals surface area contributed by atoms with E-state index in [1.165, 1.54) is 34.8 Å². The van der Waals surface area contributed by atoms with Gasteiger partial charge in [-0.3, -0.25) is 4.79 Å². The van der Waals surface area contributed by atoms with E-state index in [0.717, 1.165) is 64.2 Å². The van der Waals surface area contributed by atoms with Crippen LogP contribution in [0.3, 0.4) is 0 Å². The second-order valence-electron chi connectivity index (χ2n) is 19.7. The van der Waals surface area contributed by atoms with Gasteiger partial charge in [0.2, 0.25) is 0 Å².